The van der Waals surface area contributed by atoms with Crippen molar-refractivity contribution in [1.29, 1.82) is 0 Å². The summed E-state index contributed by atoms with van der Waals surface area (Å²) in [7, 11) is 1.68. The van der Waals surface area contributed by atoms with E-state index in [9.17, 15) is 5.11 Å². The Morgan fingerprint density at radius 2 is 1.80 bits per heavy atom. The molecule has 0 amide bonds. The molecule has 2 saturated heterocycles. The third-order valence-corrected chi connectivity index (χ3v) is 6.20. The molecule has 0 saturated carbocycles. The van der Waals surface area contributed by atoms with Gasteiger partial charge in [-0.2, -0.15) is 0 Å². The highest BCUT2D eigenvalue weighted by Crippen LogP contribution is 2.32. The molecule has 0 aromatic heterocycles. The fraction of sp³-hybridized carbons (Fsp3) is 0.520. The van der Waals surface area contributed by atoms with Gasteiger partial charge in [0.25, 0.3) is 0 Å². The predicted molar refractivity (Wildman–Crippen MR) is 119 cm³/mol. The SMILES string of the molecule is COc1ccc(CN2C[C@@H]3C[C@@H](O)CN3C[C@H]2Cc2ccccc2)cc1OC(C)C. The fourth-order valence-corrected chi connectivity index (χ4v) is 4.85. The number of rotatable bonds is 7. The van der Waals surface area contributed by atoms with Crippen LogP contribution in [-0.2, 0) is 13.0 Å². The van der Waals surface area contributed by atoms with Crippen molar-refractivity contribution in [2.45, 2.75) is 57.5 Å². The Morgan fingerprint density at radius 3 is 2.53 bits per heavy atom. The van der Waals surface area contributed by atoms with Crippen LogP contribution in [0.25, 0.3) is 0 Å². The van der Waals surface area contributed by atoms with Gasteiger partial charge < -0.3 is 14.6 Å². The summed E-state index contributed by atoms with van der Waals surface area (Å²) in [6, 6.07) is 17.9. The lowest BCUT2D eigenvalue weighted by atomic mass is 9.99. The van der Waals surface area contributed by atoms with Crippen LogP contribution >= 0.6 is 0 Å². The summed E-state index contributed by atoms with van der Waals surface area (Å²) in [5, 5.41) is 10.2. The van der Waals surface area contributed by atoms with Crippen molar-refractivity contribution in [2.75, 3.05) is 26.7 Å². The molecule has 5 heteroatoms. The van der Waals surface area contributed by atoms with Crippen molar-refractivity contribution < 1.29 is 14.6 Å². The largest absolute Gasteiger partial charge is 0.493 e. The van der Waals surface area contributed by atoms with Crippen LogP contribution in [0.4, 0.5) is 0 Å². The van der Waals surface area contributed by atoms with Gasteiger partial charge in [0.15, 0.2) is 11.5 Å². The van der Waals surface area contributed by atoms with E-state index in [0.29, 0.717) is 12.1 Å². The smallest absolute Gasteiger partial charge is 0.161 e. The molecule has 2 aliphatic rings. The first-order valence-electron chi connectivity index (χ1n) is 11.1. The minimum Gasteiger partial charge on any atom is -0.493 e. The minimum atomic E-state index is -0.195. The van der Waals surface area contributed by atoms with Gasteiger partial charge in [0.2, 0.25) is 0 Å². The second kappa shape index (κ2) is 9.38. The lowest BCUT2D eigenvalue weighted by Crippen LogP contribution is -2.56. The van der Waals surface area contributed by atoms with Crippen molar-refractivity contribution in [3.63, 3.8) is 0 Å². The monoisotopic (exact) mass is 410 g/mol. The molecule has 3 atom stereocenters. The highest BCUT2D eigenvalue weighted by Gasteiger charge is 2.39. The maximum absolute atomic E-state index is 10.2. The van der Waals surface area contributed by atoms with Gasteiger partial charge in [-0.1, -0.05) is 36.4 Å². The van der Waals surface area contributed by atoms with E-state index in [0.717, 1.165) is 50.5 Å². The number of fused-ring (bicyclic) bond motifs is 1. The number of hydrogen-bond acceptors (Lipinski definition) is 5. The summed E-state index contributed by atoms with van der Waals surface area (Å²) in [4.78, 5) is 5.07. The highest BCUT2D eigenvalue weighted by atomic mass is 16.5. The average Bonchev–Trinajstić information content (AvgIpc) is 3.07. The normalized spacial score (nSPS) is 24.8. The number of nitrogens with zero attached hydrogens (tertiary/aromatic N) is 2. The van der Waals surface area contributed by atoms with E-state index in [-0.39, 0.29) is 12.2 Å². The van der Waals surface area contributed by atoms with Crippen LogP contribution in [0.2, 0.25) is 0 Å². The van der Waals surface area contributed by atoms with Gasteiger partial charge >= 0.3 is 0 Å². The lowest BCUT2D eigenvalue weighted by Gasteiger charge is -2.44. The Labute approximate surface area is 180 Å². The summed E-state index contributed by atoms with van der Waals surface area (Å²) in [6.07, 6.45) is 1.80. The topological polar surface area (TPSA) is 45.2 Å². The van der Waals surface area contributed by atoms with E-state index >= 15 is 0 Å². The van der Waals surface area contributed by atoms with Crippen LogP contribution in [-0.4, -0.2) is 65.9 Å². The first-order chi connectivity index (χ1) is 14.5. The van der Waals surface area contributed by atoms with Crippen molar-refractivity contribution in [1.82, 2.24) is 9.80 Å². The molecule has 2 aliphatic heterocycles. The minimum absolute atomic E-state index is 0.100. The molecular formula is C25H34N2O3. The third-order valence-electron chi connectivity index (χ3n) is 6.20. The summed E-state index contributed by atoms with van der Waals surface area (Å²) in [6.45, 7) is 7.73. The van der Waals surface area contributed by atoms with Crippen molar-refractivity contribution in [3.8, 4) is 11.5 Å². The first kappa shape index (κ1) is 21.2. The van der Waals surface area contributed by atoms with E-state index in [1.165, 1.54) is 11.1 Å². The number of aliphatic hydroxyl groups is 1. The van der Waals surface area contributed by atoms with Crippen LogP contribution in [0.15, 0.2) is 48.5 Å². The zero-order valence-corrected chi connectivity index (χ0v) is 18.3. The summed E-state index contributed by atoms with van der Waals surface area (Å²) >= 11 is 0. The molecular weight excluding hydrogens is 376 g/mol. The van der Waals surface area contributed by atoms with Crippen LogP contribution in [0, 0.1) is 0 Å². The molecule has 0 unspecified atom stereocenters. The van der Waals surface area contributed by atoms with Gasteiger partial charge in [0.05, 0.1) is 19.3 Å². The van der Waals surface area contributed by atoms with Crippen LogP contribution in [0.1, 0.15) is 31.4 Å². The standard InChI is InChI=1S/C25H34N2O3/c1-18(2)30-25-12-20(9-10-24(25)29-3)14-26-16-22-13-23(28)17-27(22)15-21(26)11-19-7-5-4-6-8-19/h4-10,12,18,21-23,28H,11,13-17H2,1-3H3/t21-,22+,23-/m1/s1. The molecule has 2 aromatic rings. The van der Waals surface area contributed by atoms with Gasteiger partial charge in [0, 0.05) is 38.3 Å². The number of benzene rings is 2. The second-order valence-corrected chi connectivity index (χ2v) is 8.92. The van der Waals surface area contributed by atoms with Gasteiger partial charge in [-0.05, 0) is 49.9 Å². The zero-order chi connectivity index (χ0) is 21.1. The van der Waals surface area contributed by atoms with Crippen LogP contribution in [0.3, 0.4) is 0 Å². The summed E-state index contributed by atoms with van der Waals surface area (Å²) in [5.41, 5.74) is 2.60. The van der Waals surface area contributed by atoms with E-state index < -0.39 is 0 Å². The lowest BCUT2D eigenvalue weighted by molar-refractivity contribution is 0.0444. The Balaban J connectivity index is 1.54. The molecule has 0 spiro atoms. The molecule has 0 radical (unpaired) electrons. The zero-order valence-electron chi connectivity index (χ0n) is 18.3. The number of piperazine rings is 1. The summed E-state index contributed by atoms with van der Waals surface area (Å²) in [5.74, 6) is 1.58. The molecule has 2 fully saturated rings. The number of hydrogen-bond donors (Lipinski definition) is 1. The molecule has 2 heterocycles. The molecule has 5 nitrogen and oxygen atoms in total. The maximum Gasteiger partial charge on any atom is 0.161 e. The Kier molecular flexibility index (Phi) is 6.61. The molecule has 1 N–H and O–H groups in total. The van der Waals surface area contributed by atoms with Crippen molar-refractivity contribution >= 4 is 0 Å². The van der Waals surface area contributed by atoms with E-state index in [1.54, 1.807) is 7.11 Å². The second-order valence-electron chi connectivity index (χ2n) is 8.92. The number of ether oxygens (including phenoxy) is 2. The Bertz CT molecular complexity index is 826. The predicted octanol–water partition coefficient (Wildman–Crippen LogP) is 3.34. The van der Waals surface area contributed by atoms with Crippen molar-refractivity contribution in [3.05, 3.63) is 59.7 Å². The fourth-order valence-electron chi connectivity index (χ4n) is 4.85. The molecule has 30 heavy (non-hydrogen) atoms. The molecule has 0 bridgehead atoms. The Hall–Kier alpha value is -2.08. The van der Waals surface area contributed by atoms with E-state index in [1.807, 2.05) is 19.9 Å². The Morgan fingerprint density at radius 1 is 1.00 bits per heavy atom. The number of aliphatic hydroxyl groups excluding tert-OH is 1. The van der Waals surface area contributed by atoms with E-state index in [4.69, 9.17) is 9.47 Å². The number of methoxy groups -OCH3 is 1. The van der Waals surface area contributed by atoms with Crippen LogP contribution < -0.4 is 9.47 Å². The molecule has 2 aromatic carbocycles. The van der Waals surface area contributed by atoms with Gasteiger partial charge in [-0.15, -0.1) is 0 Å². The average molecular weight is 411 g/mol. The van der Waals surface area contributed by atoms with Gasteiger partial charge in [-0.3, -0.25) is 9.80 Å². The van der Waals surface area contributed by atoms with Gasteiger partial charge in [-0.25, -0.2) is 0 Å². The quantitative estimate of drug-likeness (QED) is 0.759. The molecule has 4 rings (SSSR count). The van der Waals surface area contributed by atoms with Crippen LogP contribution in [0.5, 0.6) is 11.5 Å². The van der Waals surface area contributed by atoms with E-state index in [2.05, 4.69) is 52.3 Å². The molecule has 162 valence electrons. The van der Waals surface area contributed by atoms with Gasteiger partial charge in [0.1, 0.15) is 0 Å². The first-order valence-corrected chi connectivity index (χ1v) is 11.1. The highest BCUT2D eigenvalue weighted by molar-refractivity contribution is 5.43. The molecule has 0 aliphatic carbocycles. The maximum atomic E-state index is 10.2. The van der Waals surface area contributed by atoms with Crippen molar-refractivity contribution in [2.24, 2.45) is 0 Å². The third kappa shape index (κ3) is 4.97. The summed E-state index contributed by atoms with van der Waals surface area (Å²) < 4.78 is 11.5.